The molecule has 0 aromatic heterocycles. The fourth-order valence-corrected chi connectivity index (χ4v) is 5.72. The summed E-state index contributed by atoms with van der Waals surface area (Å²) < 4.78 is 33.8. The van der Waals surface area contributed by atoms with Gasteiger partial charge in [-0.1, -0.05) is 116 Å². The van der Waals surface area contributed by atoms with Crippen LogP contribution < -0.4 is 0 Å². The van der Waals surface area contributed by atoms with Gasteiger partial charge in [0.25, 0.3) is 0 Å². The van der Waals surface area contributed by atoms with Gasteiger partial charge in [0.05, 0.1) is 27.7 Å². The summed E-state index contributed by atoms with van der Waals surface area (Å²) in [6.45, 7) is 2.01. The summed E-state index contributed by atoms with van der Waals surface area (Å²) in [6, 6.07) is 0. The number of carbonyl (C=O) groups excluding carboxylic acids is 2. The number of phosphoric acid groups is 1. The second-order valence-corrected chi connectivity index (χ2v) is 15.2. The fourth-order valence-electron chi connectivity index (χ4n) is 4.98. The Morgan fingerprint density at radius 1 is 0.617 bits per heavy atom. The lowest BCUT2D eigenvalue weighted by molar-refractivity contribution is -0.870. The standard InChI is InChI=1S/C35H68NO10P/c1-5-6-7-8-9-10-11-12-13-14-15-16-17-20-23-26-34(39)43-30-32(31-45-47(41,42)44-29-28-36(2,3)4)46-35(40)27-24-21-18-19-22-25-33(37)38/h32H,5-31H2,1-4H3,(H-,37,38,41,42)/p+1/t32-/m1/s1. The van der Waals surface area contributed by atoms with Crippen molar-refractivity contribution in [1.29, 1.82) is 0 Å². The lowest BCUT2D eigenvalue weighted by Gasteiger charge is -2.24. The van der Waals surface area contributed by atoms with E-state index in [2.05, 4.69) is 6.92 Å². The van der Waals surface area contributed by atoms with Crippen LogP contribution in [0.5, 0.6) is 0 Å². The molecule has 0 aliphatic rings. The number of esters is 2. The van der Waals surface area contributed by atoms with Crippen LogP contribution in [0.2, 0.25) is 0 Å². The summed E-state index contributed by atoms with van der Waals surface area (Å²) in [5, 5.41) is 8.71. The maximum Gasteiger partial charge on any atom is 0.472 e. The SMILES string of the molecule is CCCCCCCCCCCCCCCCCC(=O)OC[C@H](COP(=O)(O)OCC[N+](C)(C)C)OC(=O)CCCCCCCC(=O)O. The van der Waals surface area contributed by atoms with Crippen LogP contribution in [0.4, 0.5) is 0 Å². The molecule has 0 rings (SSSR count). The zero-order chi connectivity index (χ0) is 35.2. The van der Waals surface area contributed by atoms with Crippen LogP contribution in [0.1, 0.15) is 155 Å². The molecular formula is C35H69NO10P+. The number of likely N-dealkylation sites (N-methyl/N-ethyl adjacent to an activating group) is 1. The first kappa shape index (κ1) is 45.5. The molecule has 47 heavy (non-hydrogen) atoms. The number of carboxylic acids is 1. The average molecular weight is 695 g/mol. The number of carboxylic acid groups (broad SMARTS) is 1. The van der Waals surface area contributed by atoms with Crippen molar-refractivity contribution in [2.24, 2.45) is 0 Å². The van der Waals surface area contributed by atoms with Gasteiger partial charge in [-0.15, -0.1) is 0 Å². The number of quaternary nitrogens is 1. The molecule has 0 aliphatic carbocycles. The third-order valence-electron chi connectivity index (χ3n) is 7.92. The summed E-state index contributed by atoms with van der Waals surface area (Å²) in [5.74, 6) is -1.75. The largest absolute Gasteiger partial charge is 0.481 e. The zero-order valence-electron chi connectivity index (χ0n) is 30.2. The van der Waals surface area contributed by atoms with E-state index in [0.29, 0.717) is 23.9 Å². The molecular weight excluding hydrogens is 625 g/mol. The highest BCUT2D eigenvalue weighted by atomic mass is 31.2. The smallest absolute Gasteiger partial charge is 0.472 e. The van der Waals surface area contributed by atoms with Crippen LogP contribution in [-0.4, -0.2) is 86.0 Å². The van der Waals surface area contributed by atoms with Gasteiger partial charge < -0.3 is 24.0 Å². The number of unbranched alkanes of at least 4 members (excludes halogenated alkanes) is 18. The summed E-state index contributed by atoms with van der Waals surface area (Å²) in [7, 11) is 1.37. The lowest BCUT2D eigenvalue weighted by atomic mass is 10.0. The summed E-state index contributed by atoms with van der Waals surface area (Å²) in [6.07, 6.45) is 21.5. The third-order valence-corrected chi connectivity index (χ3v) is 8.91. The molecule has 1 unspecified atom stereocenters. The van der Waals surface area contributed by atoms with Crippen molar-refractivity contribution in [3.05, 3.63) is 0 Å². The molecule has 12 heteroatoms. The van der Waals surface area contributed by atoms with Gasteiger partial charge in [0.2, 0.25) is 0 Å². The molecule has 0 aliphatic heterocycles. The molecule has 0 amide bonds. The van der Waals surface area contributed by atoms with Crippen LogP contribution in [0.15, 0.2) is 0 Å². The topological polar surface area (TPSA) is 146 Å². The zero-order valence-corrected chi connectivity index (χ0v) is 31.1. The number of hydrogen-bond acceptors (Lipinski definition) is 8. The average Bonchev–Trinajstić information content (AvgIpc) is 2.99. The monoisotopic (exact) mass is 694 g/mol. The number of carbonyl (C=O) groups is 3. The summed E-state index contributed by atoms with van der Waals surface area (Å²) in [4.78, 5) is 45.5. The molecule has 11 nitrogen and oxygen atoms in total. The minimum Gasteiger partial charge on any atom is -0.481 e. The second-order valence-electron chi connectivity index (χ2n) is 13.8. The normalized spacial score (nSPS) is 13.6. The first-order valence-corrected chi connectivity index (χ1v) is 19.8. The molecule has 2 atom stereocenters. The van der Waals surface area contributed by atoms with Gasteiger partial charge in [-0.05, 0) is 19.3 Å². The predicted octanol–water partition coefficient (Wildman–Crippen LogP) is 8.36. The van der Waals surface area contributed by atoms with E-state index in [1.165, 1.54) is 77.0 Å². The van der Waals surface area contributed by atoms with Crippen molar-refractivity contribution in [1.82, 2.24) is 0 Å². The Hall–Kier alpha value is -1.52. The first-order valence-electron chi connectivity index (χ1n) is 18.3. The van der Waals surface area contributed by atoms with E-state index in [1.807, 2.05) is 21.1 Å². The van der Waals surface area contributed by atoms with Crippen molar-refractivity contribution in [3.63, 3.8) is 0 Å². The van der Waals surface area contributed by atoms with E-state index < -0.39 is 38.4 Å². The molecule has 0 aromatic carbocycles. The van der Waals surface area contributed by atoms with Crippen LogP contribution in [0.25, 0.3) is 0 Å². The van der Waals surface area contributed by atoms with Gasteiger partial charge in [0.15, 0.2) is 6.10 Å². The van der Waals surface area contributed by atoms with E-state index in [1.54, 1.807) is 0 Å². The molecule has 0 saturated carbocycles. The number of aliphatic carboxylic acids is 1. The van der Waals surface area contributed by atoms with Crippen molar-refractivity contribution in [3.8, 4) is 0 Å². The van der Waals surface area contributed by atoms with Crippen molar-refractivity contribution < 1.29 is 52.0 Å². The van der Waals surface area contributed by atoms with E-state index in [0.717, 1.165) is 38.5 Å². The minimum atomic E-state index is -4.40. The van der Waals surface area contributed by atoms with E-state index in [9.17, 15) is 23.8 Å². The Bertz CT molecular complexity index is 849. The van der Waals surface area contributed by atoms with Crippen LogP contribution in [0, 0.1) is 0 Å². The number of ether oxygens (including phenoxy) is 2. The minimum absolute atomic E-state index is 0.00242. The van der Waals surface area contributed by atoms with Gasteiger partial charge in [0.1, 0.15) is 19.8 Å². The van der Waals surface area contributed by atoms with Gasteiger partial charge >= 0.3 is 25.7 Å². The second kappa shape index (κ2) is 29.4. The van der Waals surface area contributed by atoms with Gasteiger partial charge in [-0.2, -0.15) is 0 Å². The Kier molecular flexibility index (Phi) is 28.5. The summed E-state index contributed by atoms with van der Waals surface area (Å²) >= 11 is 0. The fraction of sp³-hybridized carbons (Fsp3) is 0.914. The van der Waals surface area contributed by atoms with E-state index in [4.69, 9.17) is 23.6 Å². The number of rotatable bonds is 34. The lowest BCUT2D eigenvalue weighted by Crippen LogP contribution is -2.37. The quantitative estimate of drug-likeness (QED) is 0.0292. The van der Waals surface area contributed by atoms with Crippen LogP contribution in [0.3, 0.4) is 0 Å². The van der Waals surface area contributed by atoms with E-state index in [-0.39, 0.29) is 32.5 Å². The van der Waals surface area contributed by atoms with Crippen LogP contribution >= 0.6 is 7.82 Å². The molecule has 0 aromatic rings. The molecule has 0 saturated heterocycles. The first-order chi connectivity index (χ1) is 22.3. The van der Waals surface area contributed by atoms with Crippen molar-refractivity contribution in [2.45, 2.75) is 161 Å². The molecule has 0 fully saturated rings. The number of hydrogen-bond donors (Lipinski definition) is 2. The maximum absolute atomic E-state index is 12.5. The Labute approximate surface area is 285 Å². The number of nitrogens with zero attached hydrogens (tertiary/aromatic N) is 1. The molecule has 0 heterocycles. The molecule has 0 bridgehead atoms. The van der Waals surface area contributed by atoms with Gasteiger partial charge in [0, 0.05) is 19.3 Å². The predicted molar refractivity (Wildman–Crippen MR) is 185 cm³/mol. The molecule has 0 spiro atoms. The molecule has 0 radical (unpaired) electrons. The molecule has 278 valence electrons. The highest BCUT2D eigenvalue weighted by Crippen LogP contribution is 2.43. The van der Waals surface area contributed by atoms with Crippen LogP contribution in [-0.2, 0) is 37.5 Å². The number of phosphoric ester groups is 1. The van der Waals surface area contributed by atoms with Gasteiger partial charge in [-0.3, -0.25) is 23.4 Å². The Morgan fingerprint density at radius 2 is 1.04 bits per heavy atom. The molecule has 2 N–H and O–H groups in total. The third kappa shape index (κ3) is 34.2. The van der Waals surface area contributed by atoms with Crippen molar-refractivity contribution in [2.75, 3.05) is 47.5 Å². The summed E-state index contributed by atoms with van der Waals surface area (Å²) in [5.41, 5.74) is 0. The van der Waals surface area contributed by atoms with Gasteiger partial charge in [-0.25, -0.2) is 4.57 Å². The highest BCUT2D eigenvalue weighted by Gasteiger charge is 2.27. The highest BCUT2D eigenvalue weighted by molar-refractivity contribution is 7.47. The van der Waals surface area contributed by atoms with E-state index >= 15 is 0 Å². The maximum atomic E-state index is 12.5. The van der Waals surface area contributed by atoms with Crippen molar-refractivity contribution >= 4 is 25.7 Å². The Morgan fingerprint density at radius 3 is 1.49 bits per heavy atom. The Balaban J connectivity index is 4.34.